The second kappa shape index (κ2) is 5.69. The summed E-state index contributed by atoms with van der Waals surface area (Å²) in [5.41, 5.74) is -0.0527. The van der Waals surface area contributed by atoms with E-state index in [1.807, 2.05) is 6.92 Å². The first-order valence-electron chi connectivity index (χ1n) is 6.15. The molecule has 0 saturated heterocycles. The van der Waals surface area contributed by atoms with Crippen LogP contribution in [0.5, 0.6) is 5.75 Å². The van der Waals surface area contributed by atoms with Gasteiger partial charge in [0.15, 0.2) is 0 Å². The van der Waals surface area contributed by atoms with Crippen LogP contribution in [-0.4, -0.2) is 17.7 Å². The van der Waals surface area contributed by atoms with Crippen LogP contribution >= 0.6 is 0 Å². The highest BCUT2D eigenvalue weighted by atomic mass is 16.7. The van der Waals surface area contributed by atoms with Crippen LogP contribution in [0.15, 0.2) is 24.3 Å². The molecule has 2 rings (SSSR count). The maximum absolute atomic E-state index is 11.4. The number of nitro groups is 1. The number of non-ortho nitro benzene ring substituents is 1. The predicted octanol–water partition coefficient (Wildman–Crippen LogP) is 3.16. The third-order valence-corrected chi connectivity index (χ3v) is 3.14. The van der Waals surface area contributed by atoms with Gasteiger partial charge in [-0.15, -0.1) is 0 Å². The lowest BCUT2D eigenvalue weighted by atomic mass is 10.1. The van der Waals surface area contributed by atoms with Crippen LogP contribution in [0.25, 0.3) is 0 Å². The molecule has 0 aliphatic heterocycles. The Labute approximate surface area is 110 Å². The molecule has 6 heteroatoms. The van der Waals surface area contributed by atoms with Gasteiger partial charge in [-0.05, 0) is 36.8 Å². The summed E-state index contributed by atoms with van der Waals surface area (Å²) in [7, 11) is 0. The van der Waals surface area contributed by atoms with E-state index in [4.69, 9.17) is 9.47 Å². The average molecular weight is 265 g/mol. The molecule has 0 radical (unpaired) electrons. The Balaban J connectivity index is 1.79. The van der Waals surface area contributed by atoms with Crippen molar-refractivity contribution < 1.29 is 19.2 Å². The van der Waals surface area contributed by atoms with Gasteiger partial charge in [-0.2, -0.15) is 0 Å². The molecule has 0 N–H and O–H groups in total. The summed E-state index contributed by atoms with van der Waals surface area (Å²) in [6.07, 6.45) is 1.62. The normalized spacial score (nSPS) is 15.6. The number of nitro benzene ring substituents is 1. The van der Waals surface area contributed by atoms with Gasteiger partial charge in [0.05, 0.1) is 11.5 Å². The van der Waals surface area contributed by atoms with Crippen molar-refractivity contribution in [1.29, 1.82) is 0 Å². The molecule has 1 atom stereocenters. The number of hydrogen-bond donors (Lipinski definition) is 0. The molecule has 1 aliphatic carbocycles. The lowest BCUT2D eigenvalue weighted by molar-refractivity contribution is -0.384. The number of carbonyl (C=O) groups excluding carboxylic acids is 1. The lowest BCUT2D eigenvalue weighted by Gasteiger charge is -2.10. The van der Waals surface area contributed by atoms with E-state index in [0.29, 0.717) is 18.4 Å². The van der Waals surface area contributed by atoms with Crippen LogP contribution in [0.2, 0.25) is 0 Å². The molecule has 102 valence electrons. The summed E-state index contributed by atoms with van der Waals surface area (Å²) in [5.74, 6) is 1.24. The van der Waals surface area contributed by atoms with Crippen molar-refractivity contribution in [3.8, 4) is 5.75 Å². The van der Waals surface area contributed by atoms with Crippen molar-refractivity contribution >= 4 is 11.8 Å². The van der Waals surface area contributed by atoms with Gasteiger partial charge < -0.3 is 9.47 Å². The highest BCUT2D eigenvalue weighted by molar-refractivity contribution is 5.64. The minimum Gasteiger partial charge on any atom is -0.434 e. The minimum atomic E-state index is -0.777. The molecule has 0 spiro atoms. The summed E-state index contributed by atoms with van der Waals surface area (Å²) >= 11 is 0. The standard InChI is InChI=1S/C13H15NO5/c1-9(10-2-3-10)8-18-13(15)19-12-6-4-11(5-7-12)14(16)17/h4-7,9-10H,2-3,8H2,1H3. The zero-order chi connectivity index (χ0) is 13.8. The zero-order valence-electron chi connectivity index (χ0n) is 10.6. The number of carbonyl (C=O) groups is 1. The van der Waals surface area contributed by atoms with Crippen LogP contribution in [0.4, 0.5) is 10.5 Å². The van der Waals surface area contributed by atoms with Crippen molar-refractivity contribution in [2.45, 2.75) is 19.8 Å². The topological polar surface area (TPSA) is 78.7 Å². The fraction of sp³-hybridized carbons (Fsp3) is 0.462. The minimum absolute atomic E-state index is 0.0527. The first-order valence-corrected chi connectivity index (χ1v) is 6.15. The molecule has 1 aliphatic rings. The summed E-state index contributed by atoms with van der Waals surface area (Å²) in [5, 5.41) is 10.5. The summed E-state index contributed by atoms with van der Waals surface area (Å²) in [6.45, 7) is 2.38. The van der Waals surface area contributed by atoms with Gasteiger partial charge in [0.1, 0.15) is 5.75 Å². The van der Waals surface area contributed by atoms with Crippen LogP contribution in [0.1, 0.15) is 19.8 Å². The monoisotopic (exact) mass is 265 g/mol. The maximum Gasteiger partial charge on any atom is 0.513 e. The Hall–Kier alpha value is -2.11. The van der Waals surface area contributed by atoms with Gasteiger partial charge >= 0.3 is 6.16 Å². The molecule has 1 saturated carbocycles. The molecule has 1 unspecified atom stereocenters. The second-order valence-corrected chi connectivity index (χ2v) is 4.73. The summed E-state index contributed by atoms with van der Waals surface area (Å²) in [4.78, 5) is 21.3. The molecule has 1 aromatic carbocycles. The van der Waals surface area contributed by atoms with E-state index >= 15 is 0 Å². The molecule has 6 nitrogen and oxygen atoms in total. The molecule has 0 amide bonds. The SMILES string of the molecule is CC(COC(=O)Oc1ccc([N+](=O)[O-])cc1)C1CC1. The molecule has 0 heterocycles. The Kier molecular flexibility index (Phi) is 3.99. The largest absolute Gasteiger partial charge is 0.513 e. The Bertz CT molecular complexity index is 466. The van der Waals surface area contributed by atoms with E-state index in [0.717, 1.165) is 0 Å². The van der Waals surface area contributed by atoms with Crippen molar-refractivity contribution in [2.75, 3.05) is 6.61 Å². The molecule has 1 aromatic rings. The Morgan fingerprint density at radius 2 is 2.05 bits per heavy atom. The third kappa shape index (κ3) is 3.94. The highest BCUT2D eigenvalue weighted by Crippen LogP contribution is 2.36. The number of ether oxygens (including phenoxy) is 2. The Morgan fingerprint density at radius 3 is 2.58 bits per heavy atom. The fourth-order valence-electron chi connectivity index (χ4n) is 1.76. The number of rotatable bonds is 5. The predicted molar refractivity (Wildman–Crippen MR) is 67.0 cm³/mol. The third-order valence-electron chi connectivity index (χ3n) is 3.14. The summed E-state index contributed by atoms with van der Waals surface area (Å²) in [6, 6.07) is 5.28. The summed E-state index contributed by atoms with van der Waals surface area (Å²) < 4.78 is 9.91. The molecular formula is C13H15NO5. The zero-order valence-corrected chi connectivity index (χ0v) is 10.6. The second-order valence-electron chi connectivity index (χ2n) is 4.73. The first-order chi connectivity index (χ1) is 9.06. The van der Waals surface area contributed by atoms with Crippen molar-refractivity contribution in [2.24, 2.45) is 11.8 Å². The van der Waals surface area contributed by atoms with Crippen molar-refractivity contribution in [3.63, 3.8) is 0 Å². The molecule has 0 aromatic heterocycles. The van der Waals surface area contributed by atoms with Crippen LogP contribution in [-0.2, 0) is 4.74 Å². The van der Waals surface area contributed by atoms with E-state index < -0.39 is 11.1 Å². The highest BCUT2D eigenvalue weighted by Gasteiger charge is 2.28. The van der Waals surface area contributed by atoms with Gasteiger partial charge in [-0.3, -0.25) is 10.1 Å². The number of nitrogens with zero attached hydrogens (tertiary/aromatic N) is 1. The average Bonchev–Trinajstić information content (AvgIpc) is 3.21. The van der Waals surface area contributed by atoms with Crippen LogP contribution in [0.3, 0.4) is 0 Å². The first kappa shape index (κ1) is 13.3. The quantitative estimate of drug-likeness (QED) is 0.353. The van der Waals surface area contributed by atoms with Gasteiger partial charge in [0.2, 0.25) is 0 Å². The van der Waals surface area contributed by atoms with E-state index in [9.17, 15) is 14.9 Å². The van der Waals surface area contributed by atoms with E-state index in [1.54, 1.807) is 0 Å². The lowest BCUT2D eigenvalue weighted by Crippen LogP contribution is -2.16. The van der Waals surface area contributed by atoms with Crippen molar-refractivity contribution in [1.82, 2.24) is 0 Å². The van der Waals surface area contributed by atoms with Gasteiger partial charge in [0.25, 0.3) is 5.69 Å². The Morgan fingerprint density at radius 1 is 1.42 bits per heavy atom. The van der Waals surface area contributed by atoms with E-state index in [1.165, 1.54) is 37.1 Å². The number of hydrogen-bond acceptors (Lipinski definition) is 5. The van der Waals surface area contributed by atoms with E-state index in [2.05, 4.69) is 0 Å². The fourth-order valence-corrected chi connectivity index (χ4v) is 1.76. The molecular weight excluding hydrogens is 250 g/mol. The van der Waals surface area contributed by atoms with Crippen LogP contribution < -0.4 is 4.74 Å². The molecule has 1 fully saturated rings. The van der Waals surface area contributed by atoms with E-state index in [-0.39, 0.29) is 11.4 Å². The van der Waals surface area contributed by atoms with Gasteiger partial charge in [0, 0.05) is 12.1 Å². The van der Waals surface area contributed by atoms with Gasteiger partial charge in [-0.1, -0.05) is 6.92 Å². The smallest absolute Gasteiger partial charge is 0.434 e. The molecule has 19 heavy (non-hydrogen) atoms. The molecule has 0 bridgehead atoms. The van der Waals surface area contributed by atoms with Crippen LogP contribution in [0, 0.1) is 22.0 Å². The van der Waals surface area contributed by atoms with Gasteiger partial charge in [-0.25, -0.2) is 4.79 Å². The maximum atomic E-state index is 11.4. The van der Waals surface area contributed by atoms with Crippen molar-refractivity contribution in [3.05, 3.63) is 34.4 Å². The number of benzene rings is 1.